The molecule has 0 unspecified atom stereocenters. The van der Waals surface area contributed by atoms with Crippen LogP contribution in [-0.2, 0) is 21.3 Å². The van der Waals surface area contributed by atoms with Gasteiger partial charge in [-0.2, -0.15) is 4.31 Å². The van der Waals surface area contributed by atoms with Crippen molar-refractivity contribution in [1.29, 1.82) is 0 Å². The highest BCUT2D eigenvalue weighted by Gasteiger charge is 2.32. The SMILES string of the molecule is C[C@@H]1CN(S(=O)(=O)c2ccc(C(=O)NCc3ccc(F)cc3)cc2)C[C@@H](C)O1. The van der Waals surface area contributed by atoms with E-state index in [4.69, 9.17) is 4.74 Å². The number of morpholine rings is 1. The van der Waals surface area contributed by atoms with Crippen LogP contribution in [0, 0.1) is 5.82 Å². The number of hydrogen-bond acceptors (Lipinski definition) is 4. The highest BCUT2D eigenvalue weighted by Crippen LogP contribution is 2.21. The summed E-state index contributed by atoms with van der Waals surface area (Å²) in [7, 11) is -3.64. The topological polar surface area (TPSA) is 75.7 Å². The summed E-state index contributed by atoms with van der Waals surface area (Å²) >= 11 is 0. The predicted molar refractivity (Wildman–Crippen MR) is 103 cm³/mol. The van der Waals surface area contributed by atoms with E-state index in [1.54, 1.807) is 12.1 Å². The standard InChI is InChI=1S/C20H23FN2O4S/c1-14-12-23(13-15(2)27-14)28(25,26)19-9-5-17(6-10-19)20(24)22-11-16-3-7-18(21)8-4-16/h3-10,14-15H,11-13H2,1-2H3,(H,22,24)/t14-,15-/m1/s1. The van der Waals surface area contributed by atoms with E-state index in [0.717, 1.165) is 5.56 Å². The monoisotopic (exact) mass is 406 g/mol. The molecule has 3 rings (SSSR count). The van der Waals surface area contributed by atoms with Crippen molar-refractivity contribution in [2.75, 3.05) is 13.1 Å². The summed E-state index contributed by atoms with van der Waals surface area (Å²) in [5.41, 5.74) is 1.12. The van der Waals surface area contributed by atoms with E-state index in [-0.39, 0.29) is 35.4 Å². The van der Waals surface area contributed by atoms with Gasteiger partial charge in [0.2, 0.25) is 10.0 Å². The molecule has 2 aromatic rings. The lowest BCUT2D eigenvalue weighted by Gasteiger charge is -2.34. The summed E-state index contributed by atoms with van der Waals surface area (Å²) in [6, 6.07) is 11.7. The fourth-order valence-corrected chi connectivity index (χ4v) is 4.73. The van der Waals surface area contributed by atoms with Crippen LogP contribution in [0.4, 0.5) is 4.39 Å². The maximum atomic E-state index is 12.9. The lowest BCUT2D eigenvalue weighted by molar-refractivity contribution is -0.0440. The third-order valence-corrected chi connectivity index (χ3v) is 6.35. The third-order valence-electron chi connectivity index (χ3n) is 4.51. The Morgan fingerprint density at radius 1 is 1.07 bits per heavy atom. The molecule has 2 aromatic carbocycles. The maximum Gasteiger partial charge on any atom is 0.251 e. The fourth-order valence-electron chi connectivity index (χ4n) is 3.14. The molecular weight excluding hydrogens is 383 g/mol. The van der Waals surface area contributed by atoms with Gasteiger partial charge in [-0.15, -0.1) is 0 Å². The summed E-state index contributed by atoms with van der Waals surface area (Å²) in [4.78, 5) is 12.4. The molecule has 1 N–H and O–H groups in total. The van der Waals surface area contributed by atoms with Gasteiger partial charge in [-0.05, 0) is 55.8 Å². The zero-order valence-electron chi connectivity index (χ0n) is 15.8. The van der Waals surface area contributed by atoms with Gasteiger partial charge in [-0.25, -0.2) is 12.8 Å². The van der Waals surface area contributed by atoms with Gasteiger partial charge in [-0.3, -0.25) is 4.79 Å². The van der Waals surface area contributed by atoms with Crippen LogP contribution in [-0.4, -0.2) is 43.9 Å². The van der Waals surface area contributed by atoms with E-state index in [1.807, 2.05) is 13.8 Å². The Labute approximate surface area is 164 Å². The number of halogens is 1. The van der Waals surface area contributed by atoms with Gasteiger partial charge in [0.15, 0.2) is 0 Å². The molecule has 0 saturated carbocycles. The number of amides is 1. The zero-order valence-corrected chi connectivity index (χ0v) is 16.6. The van der Waals surface area contributed by atoms with Crippen molar-refractivity contribution >= 4 is 15.9 Å². The number of carbonyl (C=O) groups is 1. The van der Waals surface area contributed by atoms with Gasteiger partial charge in [0.05, 0.1) is 17.1 Å². The van der Waals surface area contributed by atoms with Gasteiger partial charge >= 0.3 is 0 Å². The van der Waals surface area contributed by atoms with Crippen molar-refractivity contribution in [1.82, 2.24) is 9.62 Å². The van der Waals surface area contributed by atoms with E-state index >= 15 is 0 Å². The van der Waals surface area contributed by atoms with Crippen LogP contribution in [0.1, 0.15) is 29.8 Å². The Bertz CT molecular complexity index is 920. The fraction of sp³-hybridized carbons (Fsp3) is 0.350. The molecule has 0 spiro atoms. The Balaban J connectivity index is 1.66. The molecule has 8 heteroatoms. The molecule has 28 heavy (non-hydrogen) atoms. The smallest absolute Gasteiger partial charge is 0.251 e. The molecule has 1 fully saturated rings. The lowest BCUT2D eigenvalue weighted by Crippen LogP contribution is -2.48. The Kier molecular flexibility index (Phi) is 6.12. The van der Waals surface area contributed by atoms with Crippen molar-refractivity contribution in [2.24, 2.45) is 0 Å². The molecule has 1 heterocycles. The van der Waals surface area contributed by atoms with Crippen molar-refractivity contribution in [3.63, 3.8) is 0 Å². The molecule has 1 amide bonds. The molecule has 0 aromatic heterocycles. The van der Waals surface area contributed by atoms with E-state index < -0.39 is 10.0 Å². The molecule has 1 saturated heterocycles. The lowest BCUT2D eigenvalue weighted by atomic mass is 10.2. The van der Waals surface area contributed by atoms with Gasteiger partial charge < -0.3 is 10.1 Å². The highest BCUT2D eigenvalue weighted by atomic mass is 32.2. The summed E-state index contributed by atoms with van der Waals surface area (Å²) in [5.74, 6) is -0.669. The van der Waals surface area contributed by atoms with Crippen LogP contribution in [0.15, 0.2) is 53.4 Å². The number of nitrogens with zero attached hydrogens (tertiary/aromatic N) is 1. The van der Waals surface area contributed by atoms with E-state index in [1.165, 1.54) is 40.7 Å². The largest absolute Gasteiger partial charge is 0.373 e. The zero-order chi connectivity index (χ0) is 20.3. The third kappa shape index (κ3) is 4.76. The molecule has 1 aliphatic rings. The normalized spacial score (nSPS) is 20.7. The summed E-state index contributed by atoms with van der Waals surface area (Å²) in [5, 5.41) is 2.73. The van der Waals surface area contributed by atoms with Crippen LogP contribution in [0.2, 0.25) is 0 Å². The average molecular weight is 406 g/mol. The van der Waals surface area contributed by atoms with Crippen molar-refractivity contribution in [3.8, 4) is 0 Å². The predicted octanol–water partition coefficient (Wildman–Crippen LogP) is 2.55. The molecule has 0 aliphatic carbocycles. The van der Waals surface area contributed by atoms with Crippen molar-refractivity contribution in [2.45, 2.75) is 37.5 Å². The van der Waals surface area contributed by atoms with Crippen LogP contribution >= 0.6 is 0 Å². The molecule has 0 radical (unpaired) electrons. The number of ether oxygens (including phenoxy) is 1. The van der Waals surface area contributed by atoms with Gasteiger partial charge in [0.1, 0.15) is 5.82 Å². The molecule has 1 aliphatic heterocycles. The average Bonchev–Trinajstić information content (AvgIpc) is 2.66. The van der Waals surface area contributed by atoms with Crippen molar-refractivity contribution in [3.05, 3.63) is 65.5 Å². The molecule has 150 valence electrons. The summed E-state index contributed by atoms with van der Waals surface area (Å²) in [6.45, 7) is 4.53. The van der Waals surface area contributed by atoms with Crippen molar-refractivity contribution < 1.29 is 22.3 Å². The molecule has 6 nitrogen and oxygen atoms in total. The highest BCUT2D eigenvalue weighted by molar-refractivity contribution is 7.89. The maximum absolute atomic E-state index is 12.9. The Morgan fingerprint density at radius 3 is 2.21 bits per heavy atom. The number of rotatable bonds is 5. The first-order chi connectivity index (χ1) is 13.3. The minimum Gasteiger partial charge on any atom is -0.373 e. The first-order valence-corrected chi connectivity index (χ1v) is 10.5. The second-order valence-electron chi connectivity index (χ2n) is 6.91. The van der Waals surface area contributed by atoms with Gasteiger partial charge in [-0.1, -0.05) is 12.1 Å². The first kappa shape index (κ1) is 20.4. The van der Waals surface area contributed by atoms with Crippen LogP contribution in [0.25, 0.3) is 0 Å². The number of nitrogens with one attached hydrogen (secondary N) is 1. The first-order valence-electron chi connectivity index (χ1n) is 9.04. The van der Waals surface area contributed by atoms with Crippen LogP contribution in [0.5, 0.6) is 0 Å². The quantitative estimate of drug-likeness (QED) is 0.828. The number of sulfonamides is 1. The van der Waals surface area contributed by atoms with Gasteiger partial charge in [0, 0.05) is 25.2 Å². The molecule has 2 atom stereocenters. The number of hydrogen-bond donors (Lipinski definition) is 1. The summed E-state index contributed by atoms with van der Waals surface area (Å²) < 4.78 is 45.6. The van der Waals surface area contributed by atoms with E-state index in [9.17, 15) is 17.6 Å². The van der Waals surface area contributed by atoms with Gasteiger partial charge in [0.25, 0.3) is 5.91 Å². The molecular formula is C20H23FN2O4S. The minimum absolute atomic E-state index is 0.142. The number of carbonyl (C=O) groups excluding carboxylic acids is 1. The minimum atomic E-state index is -3.64. The van der Waals surface area contributed by atoms with Crippen LogP contribution in [0.3, 0.4) is 0 Å². The molecule has 0 bridgehead atoms. The van der Waals surface area contributed by atoms with E-state index in [2.05, 4.69) is 5.32 Å². The van der Waals surface area contributed by atoms with E-state index in [0.29, 0.717) is 18.7 Å². The summed E-state index contributed by atoms with van der Waals surface area (Å²) in [6.07, 6.45) is -0.343. The van der Waals surface area contributed by atoms with Crippen LogP contribution < -0.4 is 5.32 Å². The number of benzene rings is 2. The Morgan fingerprint density at radius 2 is 1.64 bits per heavy atom. The Hall–Kier alpha value is -2.29. The second-order valence-corrected chi connectivity index (χ2v) is 8.85. The second kappa shape index (κ2) is 8.38.